The summed E-state index contributed by atoms with van der Waals surface area (Å²) in [5, 5.41) is 18.9. The molecule has 0 bridgehead atoms. The number of halogens is 1. The minimum Gasteiger partial charge on any atom is -0.399 e. The van der Waals surface area contributed by atoms with Crippen LogP contribution in [-0.2, 0) is 23.4 Å². The van der Waals surface area contributed by atoms with E-state index >= 15 is 0 Å². The second kappa shape index (κ2) is 19.4. The Bertz CT molecular complexity index is 3840. The summed E-state index contributed by atoms with van der Waals surface area (Å²) in [6.45, 7) is 12.3. The number of nitrogens with one attached hydrogen (secondary N) is 2. The molecule has 378 valence electrons. The molecule has 2 saturated carbocycles. The van der Waals surface area contributed by atoms with Crippen molar-refractivity contribution in [2.75, 3.05) is 10.6 Å². The molecule has 2 N–H and O–H groups in total. The van der Waals surface area contributed by atoms with Crippen LogP contribution in [0.2, 0.25) is 5.02 Å². The van der Waals surface area contributed by atoms with Gasteiger partial charge in [0.2, 0.25) is 0 Å². The first-order chi connectivity index (χ1) is 35.5. The van der Waals surface area contributed by atoms with Crippen molar-refractivity contribution in [2.45, 2.75) is 103 Å². The van der Waals surface area contributed by atoms with Crippen molar-refractivity contribution in [2.24, 2.45) is 14.1 Å². The molecule has 3 aliphatic rings. The molecule has 0 radical (unpaired) electrons. The van der Waals surface area contributed by atoms with Crippen LogP contribution < -0.4 is 27.2 Å². The number of nitrogens with zero attached hydrogens (tertiary/aromatic N) is 12. The minimum absolute atomic E-state index is 0.0225. The zero-order valence-corrected chi connectivity index (χ0v) is 44.5. The Morgan fingerprint density at radius 3 is 1.68 bits per heavy atom. The fourth-order valence-corrected chi connectivity index (χ4v) is 10.9. The van der Waals surface area contributed by atoms with Gasteiger partial charge in [-0.3, -0.25) is 19.0 Å². The average molecular weight is 1050 g/mol. The smallest absolute Gasteiger partial charge is 0.399 e. The quantitative estimate of drug-likeness (QED) is 0.123. The molecule has 0 spiro atoms. The normalized spacial score (nSPS) is 16.7. The summed E-state index contributed by atoms with van der Waals surface area (Å²) < 4.78 is 19.2. The Kier molecular flexibility index (Phi) is 12.9. The number of hydrogen-bond acceptors (Lipinski definition) is 16. The molecule has 8 aromatic heterocycles. The van der Waals surface area contributed by atoms with E-state index in [1.54, 1.807) is 39.0 Å². The van der Waals surface area contributed by atoms with E-state index in [0.29, 0.717) is 22.0 Å². The van der Waals surface area contributed by atoms with Gasteiger partial charge >= 0.3 is 7.12 Å². The van der Waals surface area contributed by atoms with E-state index in [1.165, 1.54) is 29.0 Å². The van der Waals surface area contributed by atoms with Crippen LogP contribution in [0.3, 0.4) is 0 Å². The molecule has 10 aromatic rings. The highest BCUT2D eigenvalue weighted by Gasteiger charge is 2.52. The molecule has 0 amide bonds. The Morgan fingerprint density at radius 2 is 1.18 bits per heavy atom. The summed E-state index contributed by atoms with van der Waals surface area (Å²) in [4.78, 5) is 54.7. The van der Waals surface area contributed by atoms with Crippen LogP contribution in [0.15, 0.2) is 107 Å². The zero-order chi connectivity index (χ0) is 51.6. The lowest BCUT2D eigenvalue weighted by molar-refractivity contribution is 0.00578. The fourth-order valence-electron chi connectivity index (χ4n) is 9.33. The third kappa shape index (κ3) is 9.46. The third-order valence-corrected chi connectivity index (χ3v) is 15.9. The lowest BCUT2D eigenvalue weighted by atomic mass is 9.82. The van der Waals surface area contributed by atoms with Crippen LogP contribution in [0.5, 0.6) is 0 Å². The van der Waals surface area contributed by atoms with E-state index in [2.05, 4.69) is 69.8 Å². The number of pyridine rings is 2. The number of fused-ring (bicyclic) bond motifs is 4. The second-order valence-electron chi connectivity index (χ2n) is 20.1. The molecule has 1 saturated heterocycles. The van der Waals surface area contributed by atoms with Gasteiger partial charge in [-0.25, -0.2) is 29.9 Å². The first-order valence-corrected chi connectivity index (χ1v) is 26.7. The number of benzene rings is 2. The van der Waals surface area contributed by atoms with Gasteiger partial charge in [-0.15, -0.1) is 22.7 Å². The predicted octanol–water partition coefficient (Wildman–Crippen LogP) is 9.59. The maximum atomic E-state index is 13.8. The fraction of sp³-hybridized carbons (Fsp3) is 0.346. The van der Waals surface area contributed by atoms with Crippen molar-refractivity contribution >= 4 is 101 Å². The summed E-state index contributed by atoms with van der Waals surface area (Å²) in [6, 6.07) is 16.0. The average Bonchev–Trinajstić information content (AvgIpc) is 4.08. The molecular formula is C52H54BClN14O4S2. The van der Waals surface area contributed by atoms with Gasteiger partial charge in [-0.2, -0.15) is 10.2 Å². The Morgan fingerprint density at radius 1 is 0.676 bits per heavy atom. The van der Waals surface area contributed by atoms with Crippen LogP contribution in [-0.4, -0.2) is 76.9 Å². The van der Waals surface area contributed by atoms with Crippen molar-refractivity contribution in [1.82, 2.24) is 58.6 Å². The molecule has 0 unspecified atom stereocenters. The van der Waals surface area contributed by atoms with Crippen molar-refractivity contribution in [3.05, 3.63) is 134 Å². The van der Waals surface area contributed by atoms with Gasteiger partial charge in [-0.1, -0.05) is 41.9 Å². The number of anilines is 2. The van der Waals surface area contributed by atoms with Crippen LogP contribution in [0.4, 0.5) is 11.6 Å². The van der Waals surface area contributed by atoms with E-state index in [1.807, 2.05) is 107 Å². The highest BCUT2D eigenvalue weighted by atomic mass is 35.5. The minimum atomic E-state index is -0.302. The van der Waals surface area contributed by atoms with Crippen molar-refractivity contribution in [3.63, 3.8) is 0 Å². The number of aryl methyl sites for hydroxylation is 2. The van der Waals surface area contributed by atoms with E-state index in [9.17, 15) is 9.59 Å². The van der Waals surface area contributed by atoms with Gasteiger partial charge in [0.1, 0.15) is 33.3 Å². The highest BCUT2D eigenvalue weighted by molar-refractivity contribution is 7.16. The molecule has 2 aliphatic carbocycles. The summed E-state index contributed by atoms with van der Waals surface area (Å²) in [5.41, 5.74) is 9.21. The van der Waals surface area contributed by atoms with Crippen LogP contribution in [0.25, 0.3) is 53.4 Å². The molecule has 1 aliphatic heterocycles. The Labute approximate surface area is 439 Å². The highest BCUT2D eigenvalue weighted by Crippen LogP contribution is 2.40. The molecule has 9 heterocycles. The van der Waals surface area contributed by atoms with Crippen molar-refractivity contribution in [3.8, 4) is 11.1 Å². The zero-order valence-electron chi connectivity index (χ0n) is 42.1. The van der Waals surface area contributed by atoms with Gasteiger partial charge in [0.05, 0.1) is 56.3 Å². The van der Waals surface area contributed by atoms with Crippen LogP contribution >= 0.6 is 34.3 Å². The molecule has 3 fully saturated rings. The largest absolute Gasteiger partial charge is 0.498 e. The van der Waals surface area contributed by atoms with Gasteiger partial charge in [-0.05, 0) is 102 Å². The van der Waals surface area contributed by atoms with Gasteiger partial charge in [0.25, 0.3) is 11.1 Å². The second-order valence-corrected chi connectivity index (χ2v) is 22.1. The number of aromatic nitrogens is 12. The molecule has 22 heteroatoms. The molecule has 2 atom stereocenters. The van der Waals surface area contributed by atoms with Gasteiger partial charge < -0.3 is 29.1 Å². The van der Waals surface area contributed by atoms with E-state index in [0.717, 1.165) is 90.5 Å². The molecule has 74 heavy (non-hydrogen) atoms. The lowest BCUT2D eigenvalue weighted by Gasteiger charge is -2.32. The van der Waals surface area contributed by atoms with E-state index < -0.39 is 0 Å². The third-order valence-electron chi connectivity index (χ3n) is 14.1. The summed E-state index contributed by atoms with van der Waals surface area (Å²) in [6.07, 6.45) is 14.6. The SMILES string of the molecule is C[C@H](Nc1ncnc2scnc12)c1cc2cccc(-c3cnn(C)c3)c2c(=O)n1C1CC1.C[C@H](Nc1ncnc2scnc12)c1cc2cccc(Cl)c2c(=O)n1C1CC1.Cn1cc(B2OC(C)(C)C(C)(C)O2)cn1. The monoisotopic (exact) mass is 1050 g/mol. The molecular weight excluding hydrogens is 995 g/mol. The number of thiazole rings is 2. The lowest BCUT2D eigenvalue weighted by Crippen LogP contribution is -2.41. The first-order valence-electron chi connectivity index (χ1n) is 24.5. The Hall–Kier alpha value is -6.91. The number of hydrogen-bond donors (Lipinski definition) is 2. The topological polar surface area (TPSA) is 200 Å². The van der Waals surface area contributed by atoms with Gasteiger partial charge in [0, 0.05) is 67.2 Å². The van der Waals surface area contributed by atoms with E-state index in [4.69, 9.17) is 20.9 Å². The maximum absolute atomic E-state index is 13.8. The maximum Gasteiger partial charge on any atom is 0.498 e. The summed E-state index contributed by atoms with van der Waals surface area (Å²) in [5.74, 6) is 1.36. The summed E-state index contributed by atoms with van der Waals surface area (Å²) >= 11 is 9.28. The standard InChI is InChI=1S/C23H21N7OS.C19H16ClN5OS.C10H17BN2O2/c1-13(28-21-20-22(25-11-24-21)32-12-26-20)18-8-14-4-3-5-17(15-9-27-29(2)10-15)19(14)23(31)30(18)16-6-7-16;1-10(24-17-16-18(22-8-21-17)27-9-23-16)14-7-11-3-2-4-13(20)15(11)19(26)25(14)12-5-6-12;1-9(2)10(3,4)15-11(14-9)8-6-12-13(5)7-8/h3-5,8-13,16H,6-7H2,1-2H3,(H,24,25,28);2-4,7-10,12H,5-6H2,1H3,(H,21,22,24);6-7H,1-5H3/t13-;10-;/m00./s1. The van der Waals surface area contributed by atoms with Crippen LogP contribution in [0.1, 0.15) is 103 Å². The summed E-state index contributed by atoms with van der Waals surface area (Å²) in [7, 11) is 3.47. The molecule has 13 rings (SSSR count). The molecule has 2 aromatic carbocycles. The number of rotatable bonds is 10. The predicted molar refractivity (Wildman–Crippen MR) is 294 cm³/mol. The van der Waals surface area contributed by atoms with Crippen molar-refractivity contribution < 1.29 is 9.31 Å². The Balaban J connectivity index is 0.000000127. The molecule has 18 nitrogen and oxygen atoms in total. The first kappa shape index (κ1) is 49.3. The van der Waals surface area contributed by atoms with Crippen LogP contribution in [0, 0.1) is 0 Å². The van der Waals surface area contributed by atoms with Gasteiger partial charge in [0.15, 0.2) is 11.6 Å². The van der Waals surface area contributed by atoms with E-state index in [-0.39, 0.29) is 53.6 Å². The van der Waals surface area contributed by atoms with Crippen molar-refractivity contribution in [1.29, 1.82) is 0 Å².